The number of nitrogens with zero attached hydrogens (tertiary/aromatic N) is 3. The molecular weight excluding hydrogens is 476 g/mol. The van der Waals surface area contributed by atoms with Gasteiger partial charge in [0.2, 0.25) is 10.0 Å². The summed E-state index contributed by atoms with van der Waals surface area (Å²) in [6.07, 6.45) is 1.39. The Morgan fingerprint density at radius 2 is 1.91 bits per heavy atom. The molecule has 8 nitrogen and oxygen atoms in total. The zero-order chi connectivity index (χ0) is 24.2. The molecule has 3 aromatic rings. The minimum atomic E-state index is -3.55. The Morgan fingerprint density at radius 1 is 1.18 bits per heavy atom. The second kappa shape index (κ2) is 10.3. The summed E-state index contributed by atoms with van der Waals surface area (Å²) in [6.45, 7) is -0.0500. The average Bonchev–Trinajstić information content (AvgIpc) is 2.76. The van der Waals surface area contributed by atoms with Gasteiger partial charge in [0.25, 0.3) is 5.88 Å². The number of benzene rings is 2. The number of rotatable bonds is 9. The van der Waals surface area contributed by atoms with Crippen LogP contribution in [0.4, 0.5) is 20.3 Å². The number of nitrogens with one attached hydrogen (secondary N) is 1. The van der Waals surface area contributed by atoms with E-state index in [4.69, 9.17) is 22.1 Å². The number of aromatic nitrogens is 2. The molecule has 3 rings (SSSR count). The predicted octanol–water partition coefficient (Wildman–Crippen LogP) is 3.54. The summed E-state index contributed by atoms with van der Waals surface area (Å²) in [7, 11) is 0.0223. The van der Waals surface area contributed by atoms with Crippen LogP contribution >= 0.6 is 11.6 Å². The van der Waals surface area contributed by atoms with Crippen LogP contribution < -0.4 is 15.2 Å². The molecule has 0 saturated heterocycles. The number of ether oxygens (including phenoxy) is 1. The van der Waals surface area contributed by atoms with Crippen molar-refractivity contribution in [2.24, 2.45) is 0 Å². The summed E-state index contributed by atoms with van der Waals surface area (Å²) in [5, 5.41) is -0.396. The van der Waals surface area contributed by atoms with Crippen molar-refractivity contribution in [3.05, 3.63) is 64.8 Å². The van der Waals surface area contributed by atoms with Crippen LogP contribution in [0.5, 0.6) is 5.88 Å². The highest BCUT2D eigenvalue weighted by molar-refractivity contribution is 7.92. The van der Waals surface area contributed by atoms with Gasteiger partial charge in [-0.25, -0.2) is 27.2 Å². The molecule has 0 radical (unpaired) electrons. The summed E-state index contributed by atoms with van der Waals surface area (Å²) < 4.78 is 60.2. The van der Waals surface area contributed by atoms with Gasteiger partial charge >= 0.3 is 0 Å². The van der Waals surface area contributed by atoms with Crippen LogP contribution in [0.1, 0.15) is 5.56 Å². The topological polar surface area (TPSA) is 110 Å². The van der Waals surface area contributed by atoms with Gasteiger partial charge in [0.1, 0.15) is 18.2 Å². The molecule has 0 bridgehead atoms. The molecule has 0 fully saturated rings. The van der Waals surface area contributed by atoms with Gasteiger partial charge in [-0.15, -0.1) is 0 Å². The van der Waals surface area contributed by atoms with Crippen molar-refractivity contribution in [2.75, 3.05) is 36.8 Å². The fourth-order valence-corrected chi connectivity index (χ4v) is 4.15. The maximum absolute atomic E-state index is 14.0. The van der Waals surface area contributed by atoms with Crippen LogP contribution in [0, 0.1) is 11.6 Å². The van der Waals surface area contributed by atoms with Crippen LogP contribution in [0.3, 0.4) is 0 Å². The van der Waals surface area contributed by atoms with Gasteiger partial charge in [-0.1, -0.05) is 23.7 Å². The van der Waals surface area contributed by atoms with E-state index in [0.717, 1.165) is 12.1 Å². The third-order valence-electron chi connectivity index (χ3n) is 4.50. The van der Waals surface area contributed by atoms with E-state index >= 15 is 0 Å². The van der Waals surface area contributed by atoms with Gasteiger partial charge in [-0.05, 0) is 38.4 Å². The molecule has 3 N–H and O–H groups in total. The van der Waals surface area contributed by atoms with Crippen molar-refractivity contribution in [3.8, 4) is 17.1 Å². The molecule has 0 aliphatic heterocycles. The molecule has 176 valence electrons. The monoisotopic (exact) mass is 497 g/mol. The molecule has 1 heterocycles. The van der Waals surface area contributed by atoms with Crippen molar-refractivity contribution in [1.82, 2.24) is 14.9 Å². The minimum Gasteiger partial charge on any atom is -0.470 e. The molecule has 1 aromatic heterocycles. The van der Waals surface area contributed by atoms with Gasteiger partial charge < -0.3 is 15.4 Å². The first-order chi connectivity index (χ1) is 15.6. The third kappa shape index (κ3) is 6.50. The Bertz CT molecular complexity index is 1260. The van der Waals surface area contributed by atoms with E-state index in [-0.39, 0.29) is 23.0 Å². The van der Waals surface area contributed by atoms with Crippen LogP contribution in [-0.4, -0.2) is 49.7 Å². The highest BCUT2D eigenvalue weighted by atomic mass is 35.5. The number of halogens is 3. The van der Waals surface area contributed by atoms with Gasteiger partial charge in [0.15, 0.2) is 5.82 Å². The maximum atomic E-state index is 14.0. The SMILES string of the molecule is CN(C)CCS(=O)(=O)Nc1cccc(-c2cnc(N)c(OCc3c(F)ccc(F)c3Cl)n2)c1. The fraction of sp³-hybridized carbons (Fsp3) is 0.238. The molecule has 0 atom stereocenters. The van der Waals surface area contributed by atoms with E-state index in [0.29, 0.717) is 23.5 Å². The van der Waals surface area contributed by atoms with Gasteiger partial charge in [0.05, 0.1) is 22.7 Å². The lowest BCUT2D eigenvalue weighted by atomic mass is 10.1. The first-order valence-electron chi connectivity index (χ1n) is 9.69. The summed E-state index contributed by atoms with van der Waals surface area (Å²) in [5.41, 5.74) is 6.85. The molecule has 2 aromatic carbocycles. The van der Waals surface area contributed by atoms with Crippen molar-refractivity contribution >= 4 is 33.1 Å². The van der Waals surface area contributed by atoms with Gasteiger partial charge in [-0.2, -0.15) is 0 Å². The summed E-state index contributed by atoms with van der Waals surface area (Å²) in [4.78, 5) is 10.1. The zero-order valence-electron chi connectivity index (χ0n) is 17.8. The van der Waals surface area contributed by atoms with E-state index in [1.54, 1.807) is 43.3 Å². The predicted molar refractivity (Wildman–Crippen MR) is 124 cm³/mol. The summed E-state index contributed by atoms with van der Waals surface area (Å²) in [6, 6.07) is 8.40. The Morgan fingerprint density at radius 3 is 2.64 bits per heavy atom. The maximum Gasteiger partial charge on any atom is 0.258 e. The Kier molecular flexibility index (Phi) is 7.67. The molecule has 0 amide bonds. The third-order valence-corrected chi connectivity index (χ3v) is 6.17. The van der Waals surface area contributed by atoms with Crippen LogP contribution in [0.25, 0.3) is 11.3 Å². The molecule has 0 saturated carbocycles. The molecule has 0 spiro atoms. The number of sulfonamides is 1. The summed E-state index contributed by atoms with van der Waals surface area (Å²) in [5.74, 6) is -1.76. The van der Waals surface area contributed by atoms with Crippen molar-refractivity contribution < 1.29 is 21.9 Å². The second-order valence-electron chi connectivity index (χ2n) is 7.36. The van der Waals surface area contributed by atoms with Gasteiger partial charge in [-0.3, -0.25) is 4.72 Å². The highest BCUT2D eigenvalue weighted by Crippen LogP contribution is 2.28. The smallest absolute Gasteiger partial charge is 0.258 e. The fourth-order valence-electron chi connectivity index (χ4n) is 2.74. The standard InChI is InChI=1S/C21H22ClF2N5O3S/c1-29(2)8-9-33(30,31)28-14-5-3-4-13(10-14)18-11-26-20(25)21(27-18)32-12-15-16(23)6-7-17(24)19(15)22/h3-7,10-11,28H,8-9,12H2,1-2H3,(H2,25,26). The van der Waals surface area contributed by atoms with Crippen LogP contribution in [-0.2, 0) is 16.6 Å². The van der Waals surface area contributed by atoms with Crippen molar-refractivity contribution in [1.29, 1.82) is 0 Å². The van der Waals surface area contributed by atoms with E-state index in [1.165, 1.54) is 6.20 Å². The average molecular weight is 498 g/mol. The van der Waals surface area contributed by atoms with E-state index in [2.05, 4.69) is 14.7 Å². The first kappa shape index (κ1) is 24.6. The lowest BCUT2D eigenvalue weighted by Gasteiger charge is -2.13. The molecular formula is C21H22ClF2N5O3S. The number of nitrogen functional groups attached to an aromatic ring is 1. The Hall–Kier alpha value is -3.02. The van der Waals surface area contributed by atoms with Crippen molar-refractivity contribution in [2.45, 2.75) is 6.61 Å². The van der Waals surface area contributed by atoms with Crippen LogP contribution in [0.2, 0.25) is 5.02 Å². The molecule has 0 unspecified atom stereocenters. The lowest BCUT2D eigenvalue weighted by molar-refractivity contribution is 0.288. The molecule has 0 aliphatic carbocycles. The highest BCUT2D eigenvalue weighted by Gasteiger charge is 2.16. The normalized spacial score (nSPS) is 11.6. The second-order valence-corrected chi connectivity index (χ2v) is 9.58. The summed E-state index contributed by atoms with van der Waals surface area (Å²) >= 11 is 5.82. The number of nitrogens with two attached hydrogens (primary N) is 1. The van der Waals surface area contributed by atoms with E-state index in [1.807, 2.05) is 0 Å². The largest absolute Gasteiger partial charge is 0.470 e. The minimum absolute atomic E-state index is 0.0628. The van der Waals surface area contributed by atoms with Crippen LogP contribution in [0.15, 0.2) is 42.6 Å². The molecule has 0 aliphatic rings. The molecule has 12 heteroatoms. The first-order valence-corrected chi connectivity index (χ1v) is 11.7. The van der Waals surface area contributed by atoms with E-state index < -0.39 is 33.3 Å². The quantitative estimate of drug-likeness (QED) is 0.435. The Balaban J connectivity index is 1.81. The Labute approximate surface area is 195 Å². The van der Waals surface area contributed by atoms with Gasteiger partial charge in [0, 0.05) is 23.4 Å². The molecule has 33 heavy (non-hydrogen) atoms. The van der Waals surface area contributed by atoms with Crippen molar-refractivity contribution in [3.63, 3.8) is 0 Å². The number of hydrogen-bond donors (Lipinski definition) is 2. The van der Waals surface area contributed by atoms with E-state index in [9.17, 15) is 17.2 Å². The number of hydrogen-bond acceptors (Lipinski definition) is 7. The lowest BCUT2D eigenvalue weighted by Crippen LogP contribution is -2.26. The zero-order valence-corrected chi connectivity index (χ0v) is 19.4. The number of anilines is 2.